The number of nitrogens with zero attached hydrogens (tertiary/aromatic N) is 3. The number of likely N-dealkylation sites (tertiary alicyclic amines) is 1. The molecule has 0 aliphatic carbocycles. The lowest BCUT2D eigenvalue weighted by molar-refractivity contribution is -0.138. The quantitative estimate of drug-likeness (QED) is 0.192. The zero-order valence-electron chi connectivity index (χ0n) is 20.4. The fourth-order valence-electron chi connectivity index (χ4n) is 4.56. The summed E-state index contributed by atoms with van der Waals surface area (Å²) in [6.07, 6.45) is 6.40. The number of hydrogen-bond donors (Lipinski definition) is 2. The van der Waals surface area contributed by atoms with Gasteiger partial charge in [-0.2, -0.15) is 18.2 Å². The normalized spacial score (nSPS) is 16.2. The zero-order valence-corrected chi connectivity index (χ0v) is 21.2. The maximum Gasteiger partial charge on any atom is 0.416 e. The highest BCUT2D eigenvalue weighted by Gasteiger charge is 2.34. The molecule has 1 saturated heterocycles. The Morgan fingerprint density at radius 3 is 2.49 bits per heavy atom. The van der Waals surface area contributed by atoms with Crippen molar-refractivity contribution in [2.24, 2.45) is 5.73 Å². The van der Waals surface area contributed by atoms with Crippen molar-refractivity contribution in [2.75, 3.05) is 13.1 Å². The van der Waals surface area contributed by atoms with Gasteiger partial charge in [0.25, 0.3) is 0 Å². The van der Waals surface area contributed by atoms with Gasteiger partial charge in [0, 0.05) is 18.7 Å². The van der Waals surface area contributed by atoms with Crippen LogP contribution in [0.1, 0.15) is 94.1 Å². The van der Waals surface area contributed by atoms with Gasteiger partial charge in [-0.3, -0.25) is 5.41 Å². The molecule has 2 heterocycles. The van der Waals surface area contributed by atoms with Gasteiger partial charge in [0.1, 0.15) is 0 Å². The second kappa shape index (κ2) is 13.7. The molecule has 0 spiro atoms. The minimum atomic E-state index is -4.44. The second-order valence-electron chi connectivity index (χ2n) is 9.22. The molecule has 1 aliphatic rings. The van der Waals surface area contributed by atoms with Gasteiger partial charge in [0.2, 0.25) is 11.7 Å². The highest BCUT2D eigenvalue weighted by molar-refractivity contribution is 5.85. The number of benzene rings is 1. The number of guanidine groups is 1. The van der Waals surface area contributed by atoms with Gasteiger partial charge in [0.15, 0.2) is 5.96 Å². The van der Waals surface area contributed by atoms with Crippen molar-refractivity contribution < 1.29 is 17.7 Å². The van der Waals surface area contributed by atoms with Crippen molar-refractivity contribution in [2.45, 2.75) is 89.6 Å². The van der Waals surface area contributed by atoms with Gasteiger partial charge in [-0.1, -0.05) is 69.2 Å². The number of hydrogen-bond acceptors (Lipinski definition) is 4. The summed E-state index contributed by atoms with van der Waals surface area (Å²) < 4.78 is 46.8. The zero-order chi connectivity index (χ0) is 24.6. The van der Waals surface area contributed by atoms with Gasteiger partial charge in [0.05, 0.1) is 11.5 Å². The molecular formula is C25H37ClF3N5O. The number of rotatable bonds is 11. The fraction of sp³-hybridized carbons (Fsp3) is 0.640. The Kier molecular flexibility index (Phi) is 11.3. The van der Waals surface area contributed by atoms with E-state index in [4.69, 9.17) is 15.7 Å². The van der Waals surface area contributed by atoms with Crippen LogP contribution >= 0.6 is 12.4 Å². The lowest BCUT2D eigenvalue weighted by Gasteiger charge is -2.30. The third-order valence-electron chi connectivity index (χ3n) is 6.53. The van der Waals surface area contributed by atoms with Gasteiger partial charge in [-0.15, -0.1) is 12.4 Å². The van der Waals surface area contributed by atoms with Crippen LogP contribution in [0.2, 0.25) is 0 Å². The SMILES string of the molecule is CCCCCCCCCCc1ccc(-c2noc(C3CCCN(C(=N)N)C3)n2)cc1C(F)(F)F.Cl. The van der Waals surface area contributed by atoms with E-state index in [2.05, 4.69) is 17.1 Å². The monoisotopic (exact) mass is 515 g/mol. The lowest BCUT2D eigenvalue weighted by atomic mass is 9.97. The Morgan fingerprint density at radius 1 is 1.14 bits per heavy atom. The summed E-state index contributed by atoms with van der Waals surface area (Å²) in [5.41, 5.74) is 5.57. The second-order valence-corrected chi connectivity index (χ2v) is 9.22. The van der Waals surface area contributed by atoms with Crippen LogP contribution in [0.3, 0.4) is 0 Å². The molecule has 0 radical (unpaired) electrons. The fourth-order valence-corrected chi connectivity index (χ4v) is 4.56. The number of piperidine rings is 1. The first kappa shape index (κ1) is 28.9. The first-order chi connectivity index (χ1) is 16.3. The lowest BCUT2D eigenvalue weighted by Crippen LogP contribution is -2.42. The molecular weight excluding hydrogens is 479 g/mol. The van der Waals surface area contributed by atoms with Gasteiger partial charge >= 0.3 is 6.18 Å². The van der Waals surface area contributed by atoms with E-state index in [0.29, 0.717) is 36.5 Å². The van der Waals surface area contributed by atoms with Gasteiger partial charge in [-0.05, 0) is 37.3 Å². The Bertz CT molecular complexity index is 934. The van der Waals surface area contributed by atoms with Crippen molar-refractivity contribution in [1.82, 2.24) is 15.0 Å². The van der Waals surface area contributed by atoms with E-state index in [-0.39, 0.29) is 30.1 Å². The van der Waals surface area contributed by atoms with E-state index in [1.807, 2.05) is 0 Å². The molecule has 0 bridgehead atoms. The molecule has 3 rings (SSSR count). The summed E-state index contributed by atoms with van der Waals surface area (Å²) in [6, 6.07) is 4.33. The number of halogens is 4. The molecule has 1 unspecified atom stereocenters. The summed E-state index contributed by atoms with van der Waals surface area (Å²) >= 11 is 0. The molecule has 1 atom stereocenters. The summed E-state index contributed by atoms with van der Waals surface area (Å²) in [4.78, 5) is 6.12. The van der Waals surface area contributed by atoms with Crippen LogP contribution in [0.15, 0.2) is 22.7 Å². The third-order valence-corrected chi connectivity index (χ3v) is 6.53. The van der Waals surface area contributed by atoms with Crippen molar-refractivity contribution in [3.63, 3.8) is 0 Å². The largest absolute Gasteiger partial charge is 0.416 e. The molecule has 0 amide bonds. The molecule has 1 fully saturated rings. The maximum absolute atomic E-state index is 13.8. The van der Waals surface area contributed by atoms with E-state index < -0.39 is 11.7 Å². The van der Waals surface area contributed by atoms with E-state index >= 15 is 0 Å². The van der Waals surface area contributed by atoms with Crippen molar-refractivity contribution in [3.8, 4) is 11.4 Å². The van der Waals surface area contributed by atoms with Crippen LogP contribution in [0.5, 0.6) is 0 Å². The first-order valence-electron chi connectivity index (χ1n) is 12.4. The first-order valence-corrected chi connectivity index (χ1v) is 12.4. The van der Waals surface area contributed by atoms with E-state index in [1.54, 1.807) is 17.0 Å². The molecule has 1 aliphatic heterocycles. The summed E-state index contributed by atoms with van der Waals surface area (Å²) in [7, 11) is 0. The topological polar surface area (TPSA) is 92.0 Å². The van der Waals surface area contributed by atoms with Crippen LogP contribution < -0.4 is 5.73 Å². The minimum absolute atomic E-state index is 0. The maximum atomic E-state index is 13.8. The Balaban J connectivity index is 0.00000432. The number of aromatic nitrogens is 2. The molecule has 1 aromatic heterocycles. The van der Waals surface area contributed by atoms with Crippen molar-refractivity contribution in [1.29, 1.82) is 5.41 Å². The van der Waals surface area contributed by atoms with Crippen LogP contribution in [0.4, 0.5) is 13.2 Å². The third kappa shape index (κ3) is 8.40. The number of nitrogens with two attached hydrogens (primary N) is 1. The Morgan fingerprint density at radius 2 is 1.83 bits per heavy atom. The highest BCUT2D eigenvalue weighted by atomic mass is 35.5. The molecule has 10 heteroatoms. The summed E-state index contributed by atoms with van der Waals surface area (Å²) in [6.45, 7) is 3.37. The van der Waals surface area contributed by atoms with Crippen molar-refractivity contribution in [3.05, 3.63) is 35.2 Å². The van der Waals surface area contributed by atoms with E-state index in [0.717, 1.165) is 44.6 Å². The molecule has 0 saturated carbocycles. The summed E-state index contributed by atoms with van der Waals surface area (Å²) in [5.74, 6) is 0.421. The molecule has 3 N–H and O–H groups in total. The number of alkyl halides is 3. The molecule has 2 aromatic rings. The molecule has 1 aromatic carbocycles. The van der Waals surface area contributed by atoms with Crippen LogP contribution in [-0.2, 0) is 12.6 Å². The van der Waals surface area contributed by atoms with E-state index in [9.17, 15) is 13.2 Å². The Labute approximate surface area is 211 Å². The van der Waals surface area contributed by atoms with Crippen LogP contribution in [0.25, 0.3) is 11.4 Å². The van der Waals surface area contributed by atoms with Gasteiger partial charge < -0.3 is 15.2 Å². The standard InChI is InChI=1S/C25H36F3N5O.ClH/c1-2-3-4-5-6-7-8-9-11-18-13-14-19(16-21(18)25(26,27)28)22-31-23(34-32-22)20-12-10-15-33(17-20)24(29)30;/h13-14,16,20H,2-12,15,17H2,1H3,(H3,29,30);1H. The number of unbranched alkanes of at least 4 members (excludes halogenated alkanes) is 7. The average molecular weight is 516 g/mol. The smallest absolute Gasteiger partial charge is 0.370 e. The van der Waals surface area contributed by atoms with Crippen LogP contribution in [-0.4, -0.2) is 34.1 Å². The summed E-state index contributed by atoms with van der Waals surface area (Å²) in [5, 5.41) is 11.6. The van der Waals surface area contributed by atoms with Crippen LogP contribution in [0, 0.1) is 5.41 Å². The molecule has 6 nitrogen and oxygen atoms in total. The predicted molar refractivity (Wildman–Crippen MR) is 134 cm³/mol. The highest BCUT2D eigenvalue weighted by Crippen LogP contribution is 2.36. The Hall–Kier alpha value is -2.29. The van der Waals surface area contributed by atoms with E-state index in [1.165, 1.54) is 25.7 Å². The molecule has 196 valence electrons. The number of nitrogens with one attached hydrogen (secondary N) is 1. The minimum Gasteiger partial charge on any atom is -0.370 e. The number of aryl methyl sites for hydroxylation is 1. The molecule has 35 heavy (non-hydrogen) atoms. The van der Waals surface area contributed by atoms with Crippen molar-refractivity contribution >= 4 is 18.4 Å². The van der Waals surface area contributed by atoms with Gasteiger partial charge in [-0.25, -0.2) is 0 Å². The predicted octanol–water partition coefficient (Wildman–Crippen LogP) is 6.93. The average Bonchev–Trinajstić information content (AvgIpc) is 3.31.